The summed E-state index contributed by atoms with van der Waals surface area (Å²) in [6.45, 7) is 2.75. The highest BCUT2D eigenvalue weighted by atomic mass is 79.9. The Hall–Kier alpha value is -1.11. The molecule has 0 heterocycles. The molecule has 0 fully saturated rings. The number of nitrogens with two attached hydrogens (primary N) is 1. The second kappa shape index (κ2) is 9.02. The number of rotatable bonds is 8. The fraction of sp³-hybridized carbons (Fsp3) is 0.533. The fourth-order valence-electron chi connectivity index (χ4n) is 2.01. The van der Waals surface area contributed by atoms with Crippen LogP contribution in [-0.4, -0.2) is 63.2 Å². The van der Waals surface area contributed by atoms with E-state index in [1.54, 1.807) is 25.3 Å². The van der Waals surface area contributed by atoms with Crippen LogP contribution in [0.3, 0.4) is 0 Å². The molecule has 1 amide bonds. The Labute approximate surface area is 135 Å². The highest BCUT2D eigenvalue weighted by molar-refractivity contribution is 9.10. The van der Waals surface area contributed by atoms with Crippen LogP contribution >= 0.6 is 15.9 Å². The summed E-state index contributed by atoms with van der Waals surface area (Å²) in [4.78, 5) is 16.5. The van der Waals surface area contributed by atoms with Gasteiger partial charge in [0, 0.05) is 35.9 Å². The summed E-state index contributed by atoms with van der Waals surface area (Å²) in [5, 5.41) is 0. The van der Waals surface area contributed by atoms with Crippen molar-refractivity contribution in [3.05, 3.63) is 28.2 Å². The highest BCUT2D eigenvalue weighted by Gasteiger charge is 2.16. The van der Waals surface area contributed by atoms with Crippen LogP contribution in [0.2, 0.25) is 0 Å². The van der Waals surface area contributed by atoms with Crippen LogP contribution < -0.4 is 5.73 Å². The van der Waals surface area contributed by atoms with Gasteiger partial charge in [0.2, 0.25) is 0 Å². The van der Waals surface area contributed by atoms with E-state index in [4.69, 9.17) is 10.5 Å². The number of anilines is 1. The number of halogens is 1. The molecule has 1 aromatic carbocycles. The maximum absolute atomic E-state index is 12.6. The maximum atomic E-state index is 12.6. The Morgan fingerprint density at radius 2 is 1.95 bits per heavy atom. The van der Waals surface area contributed by atoms with Gasteiger partial charge in [-0.15, -0.1) is 0 Å². The Balaban J connectivity index is 2.77. The Bertz CT molecular complexity index is 446. The topological polar surface area (TPSA) is 58.8 Å². The molecule has 1 aromatic rings. The molecule has 0 aliphatic heterocycles. The van der Waals surface area contributed by atoms with Gasteiger partial charge in [0.25, 0.3) is 5.91 Å². The van der Waals surface area contributed by atoms with Crippen LogP contribution in [0.25, 0.3) is 0 Å². The van der Waals surface area contributed by atoms with Crippen molar-refractivity contribution >= 4 is 27.5 Å². The first-order valence-electron chi connectivity index (χ1n) is 6.93. The summed E-state index contributed by atoms with van der Waals surface area (Å²) in [6.07, 6.45) is 0.923. The number of ether oxygens (including phenoxy) is 1. The third kappa shape index (κ3) is 6.46. The van der Waals surface area contributed by atoms with E-state index in [0.717, 1.165) is 17.4 Å². The van der Waals surface area contributed by atoms with E-state index < -0.39 is 0 Å². The summed E-state index contributed by atoms with van der Waals surface area (Å²) in [5.41, 5.74) is 6.98. The summed E-state index contributed by atoms with van der Waals surface area (Å²) < 4.78 is 5.91. The number of nitrogen functional groups attached to an aromatic ring is 1. The predicted molar refractivity (Wildman–Crippen MR) is 89.5 cm³/mol. The third-order valence-corrected chi connectivity index (χ3v) is 3.51. The summed E-state index contributed by atoms with van der Waals surface area (Å²) in [6, 6.07) is 5.28. The lowest BCUT2D eigenvalue weighted by atomic mass is 10.1. The molecule has 1 rings (SSSR count). The fourth-order valence-corrected chi connectivity index (χ4v) is 2.52. The predicted octanol–water partition coefficient (Wildman–Crippen LogP) is 2.07. The molecule has 5 nitrogen and oxygen atoms in total. The molecule has 0 saturated carbocycles. The third-order valence-electron chi connectivity index (χ3n) is 3.05. The molecule has 6 heteroatoms. The van der Waals surface area contributed by atoms with Gasteiger partial charge < -0.3 is 20.3 Å². The molecule has 0 aliphatic rings. The zero-order valence-electron chi connectivity index (χ0n) is 12.9. The van der Waals surface area contributed by atoms with Gasteiger partial charge in [0.1, 0.15) is 0 Å². The Kier molecular flexibility index (Phi) is 7.71. The standard InChI is InChI=1S/C15H24BrN3O2/c1-18(2)5-4-6-19(7-8-21-3)15(20)12-9-13(16)11-14(17)10-12/h9-11H,4-8,17H2,1-3H3. The smallest absolute Gasteiger partial charge is 0.254 e. The Morgan fingerprint density at radius 1 is 1.24 bits per heavy atom. The van der Waals surface area contributed by atoms with Crippen molar-refractivity contribution in [1.29, 1.82) is 0 Å². The second-order valence-corrected chi connectivity index (χ2v) is 6.13. The summed E-state index contributed by atoms with van der Waals surface area (Å²) in [7, 11) is 5.69. The van der Waals surface area contributed by atoms with Crippen LogP contribution in [-0.2, 0) is 4.74 Å². The number of carbonyl (C=O) groups is 1. The highest BCUT2D eigenvalue weighted by Crippen LogP contribution is 2.18. The number of methoxy groups -OCH3 is 1. The normalized spacial score (nSPS) is 10.9. The van der Waals surface area contributed by atoms with E-state index in [0.29, 0.717) is 30.9 Å². The quantitative estimate of drug-likeness (QED) is 0.723. The molecule has 2 N–H and O–H groups in total. The first kappa shape index (κ1) is 17.9. The molecule has 0 spiro atoms. The van der Waals surface area contributed by atoms with Gasteiger partial charge in [-0.1, -0.05) is 15.9 Å². The van der Waals surface area contributed by atoms with E-state index in [1.807, 2.05) is 19.0 Å². The number of nitrogens with zero attached hydrogens (tertiary/aromatic N) is 2. The van der Waals surface area contributed by atoms with E-state index in [1.165, 1.54) is 0 Å². The van der Waals surface area contributed by atoms with Crippen molar-refractivity contribution < 1.29 is 9.53 Å². The van der Waals surface area contributed by atoms with Gasteiger partial charge in [-0.3, -0.25) is 4.79 Å². The molecule has 118 valence electrons. The summed E-state index contributed by atoms with van der Waals surface area (Å²) in [5.74, 6) is -0.0150. The minimum atomic E-state index is -0.0150. The van der Waals surface area contributed by atoms with Gasteiger partial charge in [-0.25, -0.2) is 0 Å². The van der Waals surface area contributed by atoms with Crippen molar-refractivity contribution in [2.45, 2.75) is 6.42 Å². The van der Waals surface area contributed by atoms with Gasteiger partial charge in [-0.2, -0.15) is 0 Å². The monoisotopic (exact) mass is 357 g/mol. The van der Waals surface area contributed by atoms with E-state index >= 15 is 0 Å². The number of benzene rings is 1. The minimum absolute atomic E-state index is 0.0150. The van der Waals surface area contributed by atoms with E-state index in [2.05, 4.69) is 20.8 Å². The first-order valence-corrected chi connectivity index (χ1v) is 7.72. The molecule has 0 radical (unpaired) electrons. The second-order valence-electron chi connectivity index (χ2n) is 5.22. The van der Waals surface area contributed by atoms with Crippen LogP contribution in [0, 0.1) is 0 Å². The lowest BCUT2D eigenvalue weighted by Gasteiger charge is -2.23. The lowest BCUT2D eigenvalue weighted by molar-refractivity contribution is 0.0689. The van der Waals surface area contributed by atoms with Crippen molar-refractivity contribution in [1.82, 2.24) is 9.80 Å². The van der Waals surface area contributed by atoms with Gasteiger partial charge in [0.05, 0.1) is 6.61 Å². The molecule has 0 aliphatic carbocycles. The number of amides is 1. The number of carbonyl (C=O) groups excluding carboxylic acids is 1. The molecule has 0 aromatic heterocycles. The Morgan fingerprint density at radius 3 is 2.52 bits per heavy atom. The van der Waals surface area contributed by atoms with Gasteiger partial charge in [0.15, 0.2) is 0 Å². The molecular weight excluding hydrogens is 334 g/mol. The molecule has 0 saturated heterocycles. The zero-order chi connectivity index (χ0) is 15.8. The molecule has 0 bridgehead atoms. The zero-order valence-corrected chi connectivity index (χ0v) is 14.5. The lowest BCUT2D eigenvalue weighted by Crippen LogP contribution is -2.36. The van der Waals surface area contributed by atoms with Crippen LogP contribution in [0.1, 0.15) is 16.8 Å². The minimum Gasteiger partial charge on any atom is -0.399 e. The van der Waals surface area contributed by atoms with Crippen molar-refractivity contribution in [3.63, 3.8) is 0 Å². The molecular formula is C15H24BrN3O2. The van der Waals surface area contributed by atoms with Crippen molar-refractivity contribution in [2.75, 3.05) is 53.2 Å². The van der Waals surface area contributed by atoms with E-state index in [9.17, 15) is 4.79 Å². The average molecular weight is 358 g/mol. The molecule has 0 unspecified atom stereocenters. The number of hydrogen-bond donors (Lipinski definition) is 1. The number of hydrogen-bond acceptors (Lipinski definition) is 4. The summed E-state index contributed by atoms with van der Waals surface area (Å²) >= 11 is 3.37. The molecule has 21 heavy (non-hydrogen) atoms. The van der Waals surface area contributed by atoms with Gasteiger partial charge >= 0.3 is 0 Å². The molecule has 0 atom stereocenters. The first-order chi connectivity index (χ1) is 9.93. The maximum Gasteiger partial charge on any atom is 0.254 e. The van der Waals surface area contributed by atoms with Crippen molar-refractivity contribution in [3.8, 4) is 0 Å². The van der Waals surface area contributed by atoms with Crippen LogP contribution in [0.4, 0.5) is 5.69 Å². The van der Waals surface area contributed by atoms with Crippen molar-refractivity contribution in [2.24, 2.45) is 0 Å². The van der Waals surface area contributed by atoms with Crippen LogP contribution in [0.5, 0.6) is 0 Å². The largest absolute Gasteiger partial charge is 0.399 e. The SMILES string of the molecule is COCCN(CCCN(C)C)C(=O)c1cc(N)cc(Br)c1. The van der Waals surface area contributed by atoms with Crippen LogP contribution in [0.15, 0.2) is 22.7 Å². The van der Waals surface area contributed by atoms with Gasteiger partial charge in [-0.05, 0) is 45.3 Å². The average Bonchev–Trinajstić information content (AvgIpc) is 2.40. The van der Waals surface area contributed by atoms with E-state index in [-0.39, 0.29) is 5.91 Å².